The van der Waals surface area contributed by atoms with Gasteiger partial charge >= 0.3 is 6.18 Å². The molecule has 1 saturated heterocycles. The fourth-order valence-electron chi connectivity index (χ4n) is 2.49. The molecule has 1 fully saturated rings. The molecule has 1 heterocycles. The van der Waals surface area contributed by atoms with Gasteiger partial charge in [0.05, 0.1) is 16.6 Å². The van der Waals surface area contributed by atoms with Gasteiger partial charge < -0.3 is 5.11 Å². The van der Waals surface area contributed by atoms with E-state index < -0.39 is 27.9 Å². The highest BCUT2D eigenvalue weighted by Crippen LogP contribution is 2.30. The summed E-state index contributed by atoms with van der Waals surface area (Å²) in [5, 5.41) is 9.33. The minimum atomic E-state index is -4.49. The zero-order chi connectivity index (χ0) is 17.3. The summed E-state index contributed by atoms with van der Waals surface area (Å²) in [6.07, 6.45) is -4.98. The number of benzene rings is 1. The van der Waals surface area contributed by atoms with Crippen molar-refractivity contribution < 1.29 is 26.7 Å². The highest BCUT2D eigenvalue weighted by molar-refractivity contribution is 7.89. The minimum Gasteiger partial charge on any atom is -0.392 e. The van der Waals surface area contributed by atoms with Crippen molar-refractivity contribution in [1.29, 1.82) is 0 Å². The lowest BCUT2D eigenvalue weighted by atomic mass is 10.2. The molecule has 130 valence electrons. The molecule has 0 amide bonds. The second-order valence-corrected chi connectivity index (χ2v) is 7.51. The van der Waals surface area contributed by atoms with Crippen molar-refractivity contribution in [1.82, 2.24) is 9.21 Å². The quantitative estimate of drug-likeness (QED) is 0.890. The van der Waals surface area contributed by atoms with Crippen molar-refractivity contribution in [2.24, 2.45) is 0 Å². The Hall–Kier alpha value is -1.16. The summed E-state index contributed by atoms with van der Waals surface area (Å²) in [5.74, 6) is 0. The van der Waals surface area contributed by atoms with Gasteiger partial charge in [-0.15, -0.1) is 0 Å². The van der Waals surface area contributed by atoms with E-state index in [9.17, 15) is 26.7 Å². The highest BCUT2D eigenvalue weighted by Gasteiger charge is 2.32. The first-order chi connectivity index (χ1) is 10.6. The van der Waals surface area contributed by atoms with Gasteiger partial charge in [-0.2, -0.15) is 17.5 Å². The lowest BCUT2D eigenvalue weighted by Gasteiger charge is -2.34. The van der Waals surface area contributed by atoms with Gasteiger partial charge in [-0.25, -0.2) is 8.42 Å². The van der Waals surface area contributed by atoms with E-state index in [0.717, 1.165) is 24.3 Å². The number of halogens is 3. The number of piperazine rings is 1. The van der Waals surface area contributed by atoms with Gasteiger partial charge in [-0.3, -0.25) is 4.90 Å². The summed E-state index contributed by atoms with van der Waals surface area (Å²) in [7, 11) is -3.80. The molecule has 1 aliphatic heterocycles. The first kappa shape index (κ1) is 18.2. The normalized spacial score (nSPS) is 19.7. The van der Waals surface area contributed by atoms with Crippen molar-refractivity contribution in [3.8, 4) is 0 Å². The van der Waals surface area contributed by atoms with E-state index in [1.165, 1.54) is 4.31 Å². The van der Waals surface area contributed by atoms with Gasteiger partial charge in [0.2, 0.25) is 10.0 Å². The van der Waals surface area contributed by atoms with E-state index in [-0.39, 0.29) is 18.0 Å². The van der Waals surface area contributed by atoms with Crippen LogP contribution in [0.2, 0.25) is 0 Å². The Morgan fingerprint density at radius 3 is 2.09 bits per heavy atom. The summed E-state index contributed by atoms with van der Waals surface area (Å²) in [6.45, 7) is 3.57. The Kier molecular flexibility index (Phi) is 5.34. The van der Waals surface area contributed by atoms with Crippen LogP contribution in [0.15, 0.2) is 29.2 Å². The smallest absolute Gasteiger partial charge is 0.392 e. The van der Waals surface area contributed by atoms with E-state index in [2.05, 4.69) is 0 Å². The molecule has 0 saturated carbocycles. The van der Waals surface area contributed by atoms with Crippen molar-refractivity contribution >= 4 is 10.0 Å². The fourth-order valence-corrected chi connectivity index (χ4v) is 3.91. The van der Waals surface area contributed by atoms with E-state index in [1.807, 2.05) is 4.90 Å². The third kappa shape index (κ3) is 4.43. The zero-order valence-electron chi connectivity index (χ0n) is 12.6. The van der Waals surface area contributed by atoms with E-state index in [0.29, 0.717) is 19.6 Å². The van der Waals surface area contributed by atoms with Gasteiger partial charge in [0.1, 0.15) is 0 Å². The number of nitrogens with zero attached hydrogens (tertiary/aromatic N) is 2. The number of alkyl halides is 3. The Morgan fingerprint density at radius 2 is 1.65 bits per heavy atom. The number of aliphatic hydroxyl groups excluding tert-OH is 1. The Labute approximate surface area is 133 Å². The summed E-state index contributed by atoms with van der Waals surface area (Å²) in [6, 6.07) is 3.52. The Balaban J connectivity index is 2.08. The molecule has 5 nitrogen and oxygen atoms in total. The largest absolute Gasteiger partial charge is 0.416 e. The van der Waals surface area contributed by atoms with Crippen molar-refractivity contribution in [3.05, 3.63) is 29.8 Å². The molecule has 0 spiro atoms. The molecular weight excluding hydrogens is 333 g/mol. The van der Waals surface area contributed by atoms with Crippen LogP contribution >= 0.6 is 0 Å². The molecule has 0 bridgehead atoms. The van der Waals surface area contributed by atoms with Crippen LogP contribution in [-0.2, 0) is 16.2 Å². The maximum atomic E-state index is 12.5. The van der Waals surface area contributed by atoms with Gasteiger partial charge in [-0.05, 0) is 31.2 Å². The van der Waals surface area contributed by atoms with Crippen LogP contribution < -0.4 is 0 Å². The van der Waals surface area contributed by atoms with Crippen molar-refractivity contribution in [2.75, 3.05) is 32.7 Å². The Bertz CT molecular complexity index is 622. The molecule has 0 radical (unpaired) electrons. The van der Waals surface area contributed by atoms with E-state index >= 15 is 0 Å². The zero-order valence-corrected chi connectivity index (χ0v) is 13.4. The number of β-amino-alcohol motifs (C(OH)–C–C–N with tert-alkyl or cyclic N) is 1. The maximum Gasteiger partial charge on any atom is 0.416 e. The molecule has 1 aromatic carbocycles. The summed E-state index contributed by atoms with van der Waals surface area (Å²) in [4.78, 5) is 1.80. The summed E-state index contributed by atoms with van der Waals surface area (Å²) in [5.41, 5.74) is -0.877. The second kappa shape index (κ2) is 6.76. The highest BCUT2D eigenvalue weighted by atomic mass is 32.2. The topological polar surface area (TPSA) is 60.9 Å². The van der Waals surface area contributed by atoms with Crippen LogP contribution in [0.5, 0.6) is 0 Å². The summed E-state index contributed by atoms with van der Waals surface area (Å²) >= 11 is 0. The van der Waals surface area contributed by atoms with Crippen LogP contribution in [0.4, 0.5) is 13.2 Å². The molecule has 1 aliphatic rings. The number of sulfonamides is 1. The first-order valence-corrected chi connectivity index (χ1v) is 8.62. The minimum absolute atomic E-state index is 0.144. The summed E-state index contributed by atoms with van der Waals surface area (Å²) < 4.78 is 63.8. The molecule has 0 aliphatic carbocycles. The number of hydrogen-bond acceptors (Lipinski definition) is 4. The molecular formula is C14H19F3N2O3S. The van der Waals surface area contributed by atoms with Gasteiger partial charge in [0.15, 0.2) is 0 Å². The molecule has 1 N–H and O–H groups in total. The molecule has 9 heteroatoms. The lowest BCUT2D eigenvalue weighted by Crippen LogP contribution is -2.50. The van der Waals surface area contributed by atoms with Gasteiger partial charge in [-0.1, -0.05) is 0 Å². The van der Waals surface area contributed by atoms with Crippen LogP contribution in [0.1, 0.15) is 12.5 Å². The monoisotopic (exact) mass is 352 g/mol. The van der Waals surface area contributed by atoms with E-state index in [4.69, 9.17) is 0 Å². The molecule has 1 aromatic rings. The van der Waals surface area contributed by atoms with E-state index in [1.54, 1.807) is 6.92 Å². The average molecular weight is 352 g/mol. The van der Waals surface area contributed by atoms with Crippen molar-refractivity contribution in [2.45, 2.75) is 24.1 Å². The second-order valence-electron chi connectivity index (χ2n) is 5.58. The van der Waals surface area contributed by atoms with Gasteiger partial charge in [0, 0.05) is 32.7 Å². The van der Waals surface area contributed by atoms with Gasteiger partial charge in [0.25, 0.3) is 0 Å². The molecule has 2 rings (SSSR count). The predicted molar refractivity (Wildman–Crippen MR) is 78.3 cm³/mol. The van der Waals surface area contributed by atoms with Crippen molar-refractivity contribution in [3.63, 3.8) is 0 Å². The number of rotatable bonds is 4. The first-order valence-electron chi connectivity index (χ1n) is 7.18. The van der Waals surface area contributed by atoms with Crippen LogP contribution in [0.3, 0.4) is 0 Å². The third-order valence-electron chi connectivity index (χ3n) is 3.67. The molecule has 1 atom stereocenters. The Morgan fingerprint density at radius 1 is 1.13 bits per heavy atom. The standard InChI is InChI=1S/C14H19F3N2O3S/c1-11(20)10-18-6-8-19(9-7-18)23(21,22)13-4-2-12(3-5-13)14(15,16)17/h2-5,11,20H,6-10H2,1H3. The number of aliphatic hydroxyl groups is 1. The predicted octanol–water partition coefficient (Wildman–Crippen LogP) is 1.39. The molecule has 1 unspecified atom stereocenters. The fraction of sp³-hybridized carbons (Fsp3) is 0.571. The maximum absolute atomic E-state index is 12.5. The van der Waals surface area contributed by atoms with Crippen LogP contribution in [0.25, 0.3) is 0 Å². The molecule has 23 heavy (non-hydrogen) atoms. The number of hydrogen-bond donors (Lipinski definition) is 1. The third-order valence-corrected chi connectivity index (χ3v) is 5.59. The van der Waals surface area contributed by atoms with Crippen LogP contribution in [-0.4, -0.2) is 61.6 Å². The average Bonchev–Trinajstić information content (AvgIpc) is 2.46. The van der Waals surface area contributed by atoms with Crippen LogP contribution in [0, 0.1) is 0 Å². The molecule has 0 aromatic heterocycles. The lowest BCUT2D eigenvalue weighted by molar-refractivity contribution is -0.137. The SMILES string of the molecule is CC(O)CN1CCN(S(=O)(=O)c2ccc(C(F)(F)F)cc2)CC1.